The second-order valence-electron chi connectivity index (χ2n) is 5.90. The highest BCUT2D eigenvalue weighted by molar-refractivity contribution is 6.31. The Bertz CT molecular complexity index is 883. The van der Waals surface area contributed by atoms with Crippen LogP contribution in [0.3, 0.4) is 0 Å². The van der Waals surface area contributed by atoms with E-state index in [2.05, 4.69) is 5.10 Å². The Labute approximate surface area is 138 Å². The van der Waals surface area contributed by atoms with Gasteiger partial charge in [-0.15, -0.1) is 0 Å². The van der Waals surface area contributed by atoms with Crippen molar-refractivity contribution in [3.8, 4) is 0 Å². The zero-order valence-electron chi connectivity index (χ0n) is 12.7. The normalized spacial score (nSPS) is 18.0. The van der Waals surface area contributed by atoms with Crippen LogP contribution in [-0.4, -0.2) is 27.1 Å². The first kappa shape index (κ1) is 14.3. The summed E-state index contributed by atoms with van der Waals surface area (Å²) in [6, 6.07) is 7.18. The number of furan rings is 1. The van der Waals surface area contributed by atoms with E-state index in [1.165, 1.54) is 0 Å². The molecule has 1 fully saturated rings. The van der Waals surface area contributed by atoms with Gasteiger partial charge in [0.1, 0.15) is 5.58 Å². The number of aromatic nitrogens is 2. The van der Waals surface area contributed by atoms with Crippen molar-refractivity contribution in [2.75, 3.05) is 6.54 Å². The number of carbonyl (C=O) groups is 1. The lowest BCUT2D eigenvalue weighted by molar-refractivity contribution is 0.0705. The number of hydrogen-bond acceptors (Lipinski definition) is 3. The van der Waals surface area contributed by atoms with Crippen LogP contribution in [-0.2, 0) is 7.05 Å². The maximum atomic E-state index is 12.9. The molecule has 4 rings (SSSR count). The van der Waals surface area contributed by atoms with Crippen molar-refractivity contribution in [1.29, 1.82) is 0 Å². The van der Waals surface area contributed by atoms with E-state index in [1.807, 2.05) is 24.3 Å². The number of rotatable bonds is 2. The van der Waals surface area contributed by atoms with Gasteiger partial charge in [0.2, 0.25) is 0 Å². The third-order valence-corrected chi connectivity index (χ3v) is 4.55. The van der Waals surface area contributed by atoms with E-state index in [4.69, 9.17) is 16.0 Å². The molecule has 23 heavy (non-hydrogen) atoms. The number of fused-ring (bicyclic) bond motifs is 1. The summed E-state index contributed by atoms with van der Waals surface area (Å²) in [5.74, 6) is 0.279. The molecule has 3 aromatic rings. The number of aryl methyl sites for hydroxylation is 1. The van der Waals surface area contributed by atoms with Crippen molar-refractivity contribution in [2.45, 2.75) is 18.9 Å². The second kappa shape index (κ2) is 5.42. The maximum Gasteiger partial charge on any atom is 0.290 e. The number of amides is 1. The lowest BCUT2D eigenvalue weighted by atomic mass is 10.1. The summed E-state index contributed by atoms with van der Waals surface area (Å²) in [7, 11) is 1.88. The van der Waals surface area contributed by atoms with E-state index < -0.39 is 0 Å². The molecule has 0 spiro atoms. The second-order valence-corrected chi connectivity index (χ2v) is 6.33. The van der Waals surface area contributed by atoms with Gasteiger partial charge in [-0.1, -0.05) is 11.6 Å². The van der Waals surface area contributed by atoms with Crippen molar-refractivity contribution >= 4 is 28.5 Å². The number of nitrogens with zero attached hydrogens (tertiary/aromatic N) is 3. The van der Waals surface area contributed by atoms with E-state index >= 15 is 0 Å². The minimum absolute atomic E-state index is 0.0630. The molecule has 0 aliphatic carbocycles. The first-order valence-electron chi connectivity index (χ1n) is 7.60. The summed E-state index contributed by atoms with van der Waals surface area (Å²) < 4.78 is 7.48. The van der Waals surface area contributed by atoms with Crippen molar-refractivity contribution in [3.63, 3.8) is 0 Å². The summed E-state index contributed by atoms with van der Waals surface area (Å²) in [6.45, 7) is 0.732. The molecule has 0 N–H and O–H groups in total. The first-order chi connectivity index (χ1) is 11.1. The Hall–Kier alpha value is -2.27. The van der Waals surface area contributed by atoms with Crippen LogP contribution in [0.5, 0.6) is 0 Å². The Morgan fingerprint density at radius 3 is 3.04 bits per heavy atom. The highest BCUT2D eigenvalue weighted by atomic mass is 35.5. The van der Waals surface area contributed by atoms with Crippen LogP contribution in [0.25, 0.3) is 11.0 Å². The smallest absolute Gasteiger partial charge is 0.290 e. The average Bonchev–Trinajstić information content (AvgIpc) is 3.23. The van der Waals surface area contributed by atoms with Crippen molar-refractivity contribution in [2.24, 2.45) is 7.05 Å². The van der Waals surface area contributed by atoms with Gasteiger partial charge < -0.3 is 9.32 Å². The van der Waals surface area contributed by atoms with Crippen molar-refractivity contribution in [3.05, 3.63) is 53.0 Å². The van der Waals surface area contributed by atoms with Crippen LogP contribution in [0.1, 0.15) is 35.0 Å². The molecule has 5 nitrogen and oxygen atoms in total. The molecule has 0 radical (unpaired) electrons. The lowest BCUT2D eigenvalue weighted by Gasteiger charge is -2.22. The van der Waals surface area contributed by atoms with E-state index in [0.29, 0.717) is 16.4 Å². The van der Waals surface area contributed by atoms with Crippen LogP contribution in [0.4, 0.5) is 0 Å². The summed E-state index contributed by atoms with van der Waals surface area (Å²) in [5, 5.41) is 5.69. The largest absolute Gasteiger partial charge is 0.451 e. The topological polar surface area (TPSA) is 51.3 Å². The number of halogens is 1. The van der Waals surface area contributed by atoms with Crippen LogP contribution in [0.15, 0.2) is 41.1 Å². The number of likely N-dealkylation sites (tertiary alicyclic amines) is 1. The van der Waals surface area contributed by atoms with Crippen molar-refractivity contribution in [1.82, 2.24) is 14.7 Å². The van der Waals surface area contributed by atoms with Gasteiger partial charge in [0.15, 0.2) is 5.76 Å². The predicted molar refractivity (Wildman–Crippen MR) is 87.4 cm³/mol. The molecule has 1 aromatic carbocycles. The van der Waals surface area contributed by atoms with Gasteiger partial charge in [0.05, 0.1) is 12.2 Å². The molecule has 0 saturated carbocycles. The minimum atomic E-state index is -0.0799. The maximum absolute atomic E-state index is 12.9. The highest BCUT2D eigenvalue weighted by Crippen LogP contribution is 2.34. The van der Waals surface area contributed by atoms with E-state index in [-0.39, 0.29) is 11.9 Å². The highest BCUT2D eigenvalue weighted by Gasteiger charge is 2.32. The number of benzene rings is 1. The molecule has 118 valence electrons. The molecular weight excluding hydrogens is 314 g/mol. The van der Waals surface area contributed by atoms with Gasteiger partial charge in [0, 0.05) is 35.8 Å². The Morgan fingerprint density at radius 2 is 2.26 bits per heavy atom. The molecule has 1 aliphatic rings. The Balaban J connectivity index is 1.66. The standard InChI is InChI=1S/C17H16ClN3O2/c1-20-10-12(9-19-20)14-3-2-6-21(14)17(22)16-8-11-7-13(18)4-5-15(11)23-16/h4-5,7-10,14H,2-3,6H2,1H3/t14-/m0/s1. The number of carbonyl (C=O) groups excluding carboxylic acids is 1. The van der Waals surface area contributed by atoms with Crippen molar-refractivity contribution < 1.29 is 9.21 Å². The van der Waals surface area contributed by atoms with Gasteiger partial charge in [-0.25, -0.2) is 0 Å². The molecule has 0 bridgehead atoms. The van der Waals surface area contributed by atoms with Crippen LogP contribution in [0.2, 0.25) is 5.02 Å². The molecule has 1 atom stereocenters. The Kier molecular flexibility index (Phi) is 3.38. The molecule has 6 heteroatoms. The first-order valence-corrected chi connectivity index (χ1v) is 7.98. The minimum Gasteiger partial charge on any atom is -0.451 e. The number of hydrogen-bond donors (Lipinski definition) is 0. The molecule has 1 aliphatic heterocycles. The van der Waals surface area contributed by atoms with E-state index in [9.17, 15) is 4.79 Å². The SMILES string of the molecule is Cn1cc([C@@H]2CCCN2C(=O)c2cc3cc(Cl)ccc3o2)cn1. The van der Waals surface area contributed by atoms with Crippen LogP contribution in [0, 0.1) is 0 Å². The quantitative estimate of drug-likeness (QED) is 0.718. The van der Waals surface area contributed by atoms with Gasteiger partial charge in [-0.3, -0.25) is 9.48 Å². The zero-order chi connectivity index (χ0) is 16.0. The van der Waals surface area contributed by atoms with Gasteiger partial charge in [-0.2, -0.15) is 5.10 Å². The van der Waals surface area contributed by atoms with E-state index in [1.54, 1.807) is 28.9 Å². The summed E-state index contributed by atoms with van der Waals surface area (Å²) >= 11 is 5.99. The summed E-state index contributed by atoms with van der Waals surface area (Å²) in [5.41, 5.74) is 1.74. The van der Waals surface area contributed by atoms with Crippen LogP contribution < -0.4 is 0 Å². The van der Waals surface area contributed by atoms with Gasteiger partial charge in [-0.05, 0) is 37.1 Å². The predicted octanol–water partition coefficient (Wildman–Crippen LogP) is 3.80. The molecular formula is C17H16ClN3O2. The van der Waals surface area contributed by atoms with E-state index in [0.717, 1.165) is 30.3 Å². The van der Waals surface area contributed by atoms with Gasteiger partial charge in [0.25, 0.3) is 5.91 Å². The Morgan fingerprint density at radius 1 is 1.39 bits per heavy atom. The summed E-state index contributed by atoms with van der Waals surface area (Å²) in [4.78, 5) is 14.7. The fourth-order valence-electron chi connectivity index (χ4n) is 3.23. The third kappa shape index (κ3) is 2.51. The van der Waals surface area contributed by atoms with Crippen LogP contribution >= 0.6 is 11.6 Å². The van der Waals surface area contributed by atoms with Gasteiger partial charge >= 0.3 is 0 Å². The lowest BCUT2D eigenvalue weighted by Crippen LogP contribution is -2.30. The molecule has 2 aromatic heterocycles. The third-order valence-electron chi connectivity index (χ3n) is 4.31. The fourth-order valence-corrected chi connectivity index (χ4v) is 3.41. The zero-order valence-corrected chi connectivity index (χ0v) is 13.5. The molecule has 1 amide bonds. The monoisotopic (exact) mass is 329 g/mol. The average molecular weight is 330 g/mol. The molecule has 0 unspecified atom stereocenters. The molecule has 3 heterocycles. The fraction of sp³-hybridized carbons (Fsp3) is 0.294. The molecule has 1 saturated heterocycles. The summed E-state index contributed by atoms with van der Waals surface area (Å²) in [6.07, 6.45) is 5.73.